The second kappa shape index (κ2) is 3.76. The fraction of sp³-hybridized carbons (Fsp3) is 0.538. The molecular weight excluding hydrogens is 184 g/mol. The summed E-state index contributed by atoms with van der Waals surface area (Å²) >= 11 is 0. The van der Waals surface area contributed by atoms with Crippen LogP contribution in [0.25, 0.3) is 0 Å². The topological polar surface area (TPSA) is 29.3 Å². The Morgan fingerprint density at radius 3 is 2.47 bits per heavy atom. The van der Waals surface area contributed by atoms with E-state index in [9.17, 15) is 0 Å². The second-order valence-corrected chi connectivity index (χ2v) is 5.06. The standard InChI is InChI=1S/C13H20N2/c1-13(2)9-11(14)5-6-12(10-13)15-7-3-4-8-15/h5-6,9-10H,3-4,7-8,14H2,1-2H3. The molecule has 0 bridgehead atoms. The van der Waals surface area contributed by atoms with E-state index in [2.05, 4.69) is 37.0 Å². The molecule has 0 aromatic heterocycles. The van der Waals surface area contributed by atoms with E-state index in [1.807, 2.05) is 6.08 Å². The van der Waals surface area contributed by atoms with Gasteiger partial charge in [0.1, 0.15) is 0 Å². The third-order valence-corrected chi connectivity index (χ3v) is 2.98. The van der Waals surface area contributed by atoms with Crippen molar-refractivity contribution >= 4 is 0 Å². The molecule has 1 heterocycles. The highest BCUT2D eigenvalue weighted by Gasteiger charge is 2.19. The number of likely N-dealkylation sites (tertiary alicyclic amines) is 1. The lowest BCUT2D eigenvalue weighted by molar-refractivity contribution is 0.430. The first-order chi connectivity index (χ1) is 7.07. The minimum Gasteiger partial charge on any atom is -0.399 e. The van der Waals surface area contributed by atoms with Crippen LogP contribution in [0.3, 0.4) is 0 Å². The van der Waals surface area contributed by atoms with Gasteiger partial charge in [-0.1, -0.05) is 26.0 Å². The SMILES string of the molecule is CC1(C)C=C(N)C=CC(N2CCCC2)=C1. The largest absolute Gasteiger partial charge is 0.399 e. The maximum absolute atomic E-state index is 5.89. The molecule has 1 saturated heterocycles. The quantitative estimate of drug-likeness (QED) is 0.710. The Balaban J connectivity index is 2.25. The summed E-state index contributed by atoms with van der Waals surface area (Å²) in [6.45, 7) is 6.77. The van der Waals surface area contributed by atoms with Gasteiger partial charge in [-0.2, -0.15) is 0 Å². The first-order valence-corrected chi connectivity index (χ1v) is 5.71. The van der Waals surface area contributed by atoms with Crippen molar-refractivity contribution in [2.24, 2.45) is 11.1 Å². The van der Waals surface area contributed by atoms with Gasteiger partial charge in [0.05, 0.1) is 0 Å². The summed E-state index contributed by atoms with van der Waals surface area (Å²) in [6.07, 6.45) is 11.2. The molecule has 0 radical (unpaired) electrons. The van der Waals surface area contributed by atoms with Gasteiger partial charge in [-0.15, -0.1) is 0 Å². The summed E-state index contributed by atoms with van der Waals surface area (Å²) in [4.78, 5) is 2.45. The highest BCUT2D eigenvalue weighted by molar-refractivity contribution is 5.34. The van der Waals surface area contributed by atoms with Gasteiger partial charge in [-0.05, 0) is 25.0 Å². The lowest BCUT2D eigenvalue weighted by Crippen LogP contribution is -2.19. The Labute approximate surface area is 92.1 Å². The van der Waals surface area contributed by atoms with Crippen molar-refractivity contribution in [2.75, 3.05) is 13.1 Å². The fourth-order valence-corrected chi connectivity index (χ4v) is 2.30. The van der Waals surface area contributed by atoms with Crippen molar-refractivity contribution in [3.63, 3.8) is 0 Å². The summed E-state index contributed by atoms with van der Waals surface area (Å²) in [5.41, 5.74) is 8.15. The molecule has 2 N–H and O–H groups in total. The van der Waals surface area contributed by atoms with Gasteiger partial charge >= 0.3 is 0 Å². The molecular formula is C13H20N2. The van der Waals surface area contributed by atoms with Crippen LogP contribution >= 0.6 is 0 Å². The van der Waals surface area contributed by atoms with E-state index in [-0.39, 0.29) is 5.41 Å². The van der Waals surface area contributed by atoms with Crippen molar-refractivity contribution in [3.05, 3.63) is 35.7 Å². The van der Waals surface area contributed by atoms with E-state index >= 15 is 0 Å². The predicted octanol–water partition coefficient (Wildman–Crippen LogP) is 2.40. The fourth-order valence-electron chi connectivity index (χ4n) is 2.30. The number of hydrogen-bond acceptors (Lipinski definition) is 2. The summed E-state index contributed by atoms with van der Waals surface area (Å²) in [7, 11) is 0. The van der Waals surface area contributed by atoms with E-state index in [1.165, 1.54) is 31.6 Å². The van der Waals surface area contributed by atoms with Gasteiger partial charge in [0.15, 0.2) is 0 Å². The summed E-state index contributed by atoms with van der Waals surface area (Å²) in [5.74, 6) is 0. The van der Waals surface area contributed by atoms with Gasteiger partial charge in [0.25, 0.3) is 0 Å². The molecule has 1 aliphatic heterocycles. The minimum atomic E-state index is 0.0610. The Bertz CT molecular complexity index is 328. The monoisotopic (exact) mass is 204 g/mol. The van der Waals surface area contributed by atoms with Crippen LogP contribution in [0.4, 0.5) is 0 Å². The van der Waals surface area contributed by atoms with Crippen molar-refractivity contribution in [2.45, 2.75) is 26.7 Å². The molecule has 2 aliphatic rings. The maximum atomic E-state index is 5.89. The predicted molar refractivity (Wildman–Crippen MR) is 64.1 cm³/mol. The molecule has 2 nitrogen and oxygen atoms in total. The zero-order valence-corrected chi connectivity index (χ0v) is 9.66. The molecule has 0 aromatic carbocycles. The van der Waals surface area contributed by atoms with Crippen LogP contribution in [0, 0.1) is 5.41 Å². The first-order valence-electron chi connectivity index (χ1n) is 5.71. The van der Waals surface area contributed by atoms with E-state index in [1.54, 1.807) is 0 Å². The minimum absolute atomic E-state index is 0.0610. The van der Waals surface area contributed by atoms with Gasteiger partial charge in [-0.25, -0.2) is 0 Å². The van der Waals surface area contributed by atoms with Gasteiger partial charge in [-0.3, -0.25) is 0 Å². The van der Waals surface area contributed by atoms with E-state index in [0.29, 0.717) is 0 Å². The molecule has 0 atom stereocenters. The van der Waals surface area contributed by atoms with Crippen LogP contribution in [0.5, 0.6) is 0 Å². The lowest BCUT2D eigenvalue weighted by Gasteiger charge is -2.22. The number of nitrogens with two attached hydrogens (primary N) is 1. The van der Waals surface area contributed by atoms with E-state index < -0.39 is 0 Å². The highest BCUT2D eigenvalue weighted by atomic mass is 15.1. The Morgan fingerprint density at radius 2 is 1.80 bits per heavy atom. The van der Waals surface area contributed by atoms with E-state index in [0.717, 1.165) is 5.70 Å². The Morgan fingerprint density at radius 1 is 1.13 bits per heavy atom. The van der Waals surface area contributed by atoms with Crippen molar-refractivity contribution < 1.29 is 0 Å². The molecule has 0 unspecified atom stereocenters. The third-order valence-electron chi connectivity index (χ3n) is 2.98. The van der Waals surface area contributed by atoms with Crippen LogP contribution in [0.2, 0.25) is 0 Å². The number of hydrogen-bond donors (Lipinski definition) is 1. The first kappa shape index (κ1) is 10.3. The van der Waals surface area contributed by atoms with Crippen molar-refractivity contribution in [3.8, 4) is 0 Å². The van der Waals surface area contributed by atoms with Crippen molar-refractivity contribution in [1.82, 2.24) is 4.90 Å². The smallest absolute Gasteiger partial charge is 0.0334 e. The Kier molecular flexibility index (Phi) is 2.59. The summed E-state index contributed by atoms with van der Waals surface area (Å²) < 4.78 is 0. The summed E-state index contributed by atoms with van der Waals surface area (Å²) in [5, 5.41) is 0. The number of rotatable bonds is 1. The molecule has 0 saturated carbocycles. The molecule has 1 fully saturated rings. The van der Waals surface area contributed by atoms with Gasteiger partial charge in [0.2, 0.25) is 0 Å². The van der Waals surface area contributed by atoms with Crippen LogP contribution in [0.1, 0.15) is 26.7 Å². The zero-order chi connectivity index (χ0) is 10.9. The molecule has 2 heteroatoms. The zero-order valence-electron chi connectivity index (χ0n) is 9.66. The molecule has 15 heavy (non-hydrogen) atoms. The Hall–Kier alpha value is -1.18. The lowest BCUT2D eigenvalue weighted by atomic mass is 9.92. The number of nitrogens with zero attached hydrogens (tertiary/aromatic N) is 1. The number of allylic oxidation sites excluding steroid dienone is 4. The molecule has 0 amide bonds. The van der Waals surface area contributed by atoms with Gasteiger partial charge in [0, 0.05) is 29.9 Å². The van der Waals surface area contributed by atoms with Crippen LogP contribution < -0.4 is 5.73 Å². The van der Waals surface area contributed by atoms with E-state index in [4.69, 9.17) is 5.73 Å². The van der Waals surface area contributed by atoms with Crippen LogP contribution in [-0.2, 0) is 0 Å². The maximum Gasteiger partial charge on any atom is 0.0334 e. The summed E-state index contributed by atoms with van der Waals surface area (Å²) in [6, 6.07) is 0. The average Bonchev–Trinajstić information content (AvgIpc) is 2.59. The molecule has 0 spiro atoms. The van der Waals surface area contributed by atoms with Gasteiger partial charge < -0.3 is 10.6 Å². The molecule has 1 aliphatic carbocycles. The van der Waals surface area contributed by atoms with Crippen molar-refractivity contribution in [1.29, 1.82) is 0 Å². The molecule has 82 valence electrons. The van der Waals surface area contributed by atoms with Crippen LogP contribution in [-0.4, -0.2) is 18.0 Å². The molecule has 0 aromatic rings. The van der Waals surface area contributed by atoms with Crippen LogP contribution in [0.15, 0.2) is 35.7 Å². The third kappa shape index (κ3) is 2.44. The normalized spacial score (nSPS) is 24.8. The highest BCUT2D eigenvalue weighted by Crippen LogP contribution is 2.28. The molecule has 2 rings (SSSR count). The average molecular weight is 204 g/mol. The second-order valence-electron chi connectivity index (χ2n) is 5.06.